The number of hydrogen-bond donors (Lipinski definition) is 2. The molecule has 0 aliphatic carbocycles. The fourth-order valence-electron chi connectivity index (χ4n) is 3.08. The maximum atomic E-state index is 12.2. The maximum absolute atomic E-state index is 12.2. The van der Waals surface area contributed by atoms with Crippen LogP contribution in [0.4, 0.5) is 0 Å². The Morgan fingerprint density at radius 3 is 2.67 bits per heavy atom. The molecule has 0 bridgehead atoms. The lowest BCUT2D eigenvalue weighted by atomic mass is 9.84. The third kappa shape index (κ3) is 4.82. The van der Waals surface area contributed by atoms with Crippen molar-refractivity contribution >= 4 is 21.8 Å². The molecule has 0 saturated carbocycles. The van der Waals surface area contributed by atoms with Crippen LogP contribution in [0.15, 0.2) is 28.7 Å². The first-order valence-electron chi connectivity index (χ1n) is 7.82. The Morgan fingerprint density at radius 1 is 1.33 bits per heavy atom. The summed E-state index contributed by atoms with van der Waals surface area (Å²) in [6.45, 7) is 6.42. The quantitative estimate of drug-likeness (QED) is 0.848. The van der Waals surface area contributed by atoms with E-state index in [0.29, 0.717) is 18.3 Å². The van der Waals surface area contributed by atoms with Gasteiger partial charge in [-0.2, -0.15) is 0 Å². The fourth-order valence-corrected chi connectivity index (χ4v) is 3.70. The van der Waals surface area contributed by atoms with E-state index in [1.54, 1.807) is 0 Å². The Balaban J connectivity index is 1.85. The minimum Gasteiger partial charge on any atom is -0.350 e. The van der Waals surface area contributed by atoms with E-state index in [9.17, 15) is 4.79 Å². The molecule has 0 radical (unpaired) electrons. The number of carbonyl (C=O) groups is 1. The molecule has 1 heterocycles. The summed E-state index contributed by atoms with van der Waals surface area (Å²) >= 11 is 3.54. The minimum atomic E-state index is 0.0355. The minimum absolute atomic E-state index is 0.0355. The number of carbonyl (C=O) groups excluding carboxylic acids is 1. The highest BCUT2D eigenvalue weighted by Gasteiger charge is 2.22. The first-order chi connectivity index (χ1) is 10.1. The standard InChI is InChI=1S/C17H25BrN2O/c1-12(14-7-9-19-10-8-14)11-17(21)20-13(2)15-5-3-4-6-16(15)18/h3-6,12-14,19H,7-11H2,1-2H3,(H,20,21). The summed E-state index contributed by atoms with van der Waals surface area (Å²) in [5.41, 5.74) is 1.13. The Bertz CT molecular complexity index is 472. The van der Waals surface area contributed by atoms with Crippen LogP contribution in [0.5, 0.6) is 0 Å². The van der Waals surface area contributed by atoms with Gasteiger partial charge in [-0.25, -0.2) is 0 Å². The van der Waals surface area contributed by atoms with Gasteiger partial charge in [-0.05, 0) is 56.3 Å². The highest BCUT2D eigenvalue weighted by Crippen LogP contribution is 2.26. The van der Waals surface area contributed by atoms with Crippen LogP contribution >= 0.6 is 15.9 Å². The molecule has 3 nitrogen and oxygen atoms in total. The average Bonchev–Trinajstić information content (AvgIpc) is 2.48. The number of piperidine rings is 1. The first kappa shape index (κ1) is 16.5. The van der Waals surface area contributed by atoms with Crippen LogP contribution in [0.25, 0.3) is 0 Å². The van der Waals surface area contributed by atoms with E-state index in [1.165, 1.54) is 12.8 Å². The van der Waals surface area contributed by atoms with Crippen LogP contribution in [-0.2, 0) is 4.79 Å². The van der Waals surface area contributed by atoms with Gasteiger partial charge in [-0.15, -0.1) is 0 Å². The molecule has 116 valence electrons. The zero-order valence-corrected chi connectivity index (χ0v) is 14.4. The summed E-state index contributed by atoms with van der Waals surface area (Å²) < 4.78 is 1.05. The maximum Gasteiger partial charge on any atom is 0.220 e. The van der Waals surface area contributed by atoms with E-state index in [4.69, 9.17) is 0 Å². The highest BCUT2D eigenvalue weighted by atomic mass is 79.9. The molecular weight excluding hydrogens is 328 g/mol. The van der Waals surface area contributed by atoms with Gasteiger partial charge in [0, 0.05) is 10.9 Å². The molecule has 2 rings (SSSR count). The zero-order valence-electron chi connectivity index (χ0n) is 12.9. The molecular formula is C17H25BrN2O. The lowest BCUT2D eigenvalue weighted by Gasteiger charge is -2.28. The second-order valence-electron chi connectivity index (χ2n) is 6.08. The molecule has 0 aromatic heterocycles. The molecule has 21 heavy (non-hydrogen) atoms. The van der Waals surface area contributed by atoms with Gasteiger partial charge in [0.15, 0.2) is 0 Å². The number of nitrogens with one attached hydrogen (secondary N) is 2. The topological polar surface area (TPSA) is 41.1 Å². The summed E-state index contributed by atoms with van der Waals surface area (Å²) in [7, 11) is 0. The van der Waals surface area contributed by atoms with Crippen LogP contribution in [0.1, 0.15) is 44.7 Å². The monoisotopic (exact) mass is 352 g/mol. The van der Waals surface area contributed by atoms with Gasteiger partial charge in [-0.3, -0.25) is 4.79 Å². The smallest absolute Gasteiger partial charge is 0.220 e. The fraction of sp³-hybridized carbons (Fsp3) is 0.588. The van der Waals surface area contributed by atoms with Crippen LogP contribution < -0.4 is 10.6 Å². The van der Waals surface area contributed by atoms with Gasteiger partial charge in [0.05, 0.1) is 6.04 Å². The van der Waals surface area contributed by atoms with Crippen LogP contribution in [0, 0.1) is 11.8 Å². The third-order valence-electron chi connectivity index (χ3n) is 4.45. The van der Waals surface area contributed by atoms with Crippen molar-refractivity contribution in [3.05, 3.63) is 34.3 Å². The molecule has 0 spiro atoms. The number of hydrogen-bond acceptors (Lipinski definition) is 2. The third-order valence-corrected chi connectivity index (χ3v) is 5.17. The number of rotatable bonds is 5. The summed E-state index contributed by atoms with van der Waals surface area (Å²) in [5.74, 6) is 1.29. The van der Waals surface area contributed by atoms with Crippen LogP contribution in [0.2, 0.25) is 0 Å². The Morgan fingerprint density at radius 2 is 2.00 bits per heavy atom. The number of benzene rings is 1. The van der Waals surface area contributed by atoms with Gasteiger partial charge >= 0.3 is 0 Å². The van der Waals surface area contributed by atoms with E-state index < -0.39 is 0 Å². The lowest BCUT2D eigenvalue weighted by Crippen LogP contribution is -2.34. The van der Waals surface area contributed by atoms with E-state index in [1.807, 2.05) is 31.2 Å². The Hall–Kier alpha value is -0.870. The second kappa shape index (κ2) is 7.95. The van der Waals surface area contributed by atoms with E-state index in [2.05, 4.69) is 33.5 Å². The van der Waals surface area contributed by atoms with Crippen LogP contribution in [-0.4, -0.2) is 19.0 Å². The van der Waals surface area contributed by atoms with Crippen molar-refractivity contribution in [3.8, 4) is 0 Å². The Kier molecular flexibility index (Phi) is 6.24. The van der Waals surface area contributed by atoms with Gasteiger partial charge < -0.3 is 10.6 Å². The molecule has 2 N–H and O–H groups in total. The van der Waals surface area contributed by atoms with Gasteiger partial charge in [-0.1, -0.05) is 41.1 Å². The second-order valence-corrected chi connectivity index (χ2v) is 6.93. The van der Waals surface area contributed by atoms with E-state index >= 15 is 0 Å². The summed E-state index contributed by atoms with van der Waals surface area (Å²) in [6, 6.07) is 8.08. The molecule has 2 unspecified atom stereocenters. The SMILES string of the molecule is CC(NC(=O)CC(C)C1CCNCC1)c1ccccc1Br. The van der Waals surface area contributed by atoms with Gasteiger partial charge in [0.2, 0.25) is 5.91 Å². The Labute approximate surface area is 136 Å². The largest absolute Gasteiger partial charge is 0.350 e. The predicted octanol–water partition coefficient (Wildman–Crippen LogP) is 3.65. The predicted molar refractivity (Wildman–Crippen MR) is 90.1 cm³/mol. The molecule has 2 atom stereocenters. The van der Waals surface area contributed by atoms with E-state index in [0.717, 1.165) is 23.1 Å². The van der Waals surface area contributed by atoms with Gasteiger partial charge in [0.1, 0.15) is 0 Å². The number of amides is 1. The highest BCUT2D eigenvalue weighted by molar-refractivity contribution is 9.10. The van der Waals surface area contributed by atoms with Crippen molar-refractivity contribution in [3.63, 3.8) is 0 Å². The lowest BCUT2D eigenvalue weighted by molar-refractivity contribution is -0.123. The van der Waals surface area contributed by atoms with Crippen molar-refractivity contribution < 1.29 is 4.79 Å². The molecule has 1 aromatic rings. The molecule has 1 saturated heterocycles. The van der Waals surface area contributed by atoms with Crippen molar-refractivity contribution in [1.82, 2.24) is 10.6 Å². The molecule has 1 aliphatic rings. The van der Waals surface area contributed by atoms with Gasteiger partial charge in [0.25, 0.3) is 0 Å². The summed E-state index contributed by atoms with van der Waals surface area (Å²) in [6.07, 6.45) is 3.00. The average molecular weight is 353 g/mol. The van der Waals surface area contributed by atoms with Crippen molar-refractivity contribution in [2.75, 3.05) is 13.1 Å². The molecule has 1 aliphatic heterocycles. The van der Waals surface area contributed by atoms with E-state index in [-0.39, 0.29) is 11.9 Å². The number of halogens is 1. The molecule has 1 fully saturated rings. The summed E-state index contributed by atoms with van der Waals surface area (Å²) in [5, 5.41) is 6.50. The first-order valence-corrected chi connectivity index (χ1v) is 8.61. The van der Waals surface area contributed by atoms with Crippen molar-refractivity contribution in [1.29, 1.82) is 0 Å². The molecule has 1 amide bonds. The normalized spacial score (nSPS) is 19.0. The molecule has 4 heteroatoms. The zero-order chi connectivity index (χ0) is 15.2. The van der Waals surface area contributed by atoms with Crippen LogP contribution in [0.3, 0.4) is 0 Å². The molecule has 1 aromatic carbocycles. The summed E-state index contributed by atoms with van der Waals surface area (Å²) in [4.78, 5) is 12.2. The van der Waals surface area contributed by atoms with Crippen molar-refractivity contribution in [2.24, 2.45) is 11.8 Å². The van der Waals surface area contributed by atoms with Crippen molar-refractivity contribution in [2.45, 2.75) is 39.2 Å².